The Balaban J connectivity index is 2.10. The summed E-state index contributed by atoms with van der Waals surface area (Å²) in [5.41, 5.74) is 0.940. The van der Waals surface area contributed by atoms with Crippen molar-refractivity contribution in [3.63, 3.8) is 0 Å². The number of rotatable bonds is 7. The van der Waals surface area contributed by atoms with Gasteiger partial charge in [0.2, 0.25) is 0 Å². The van der Waals surface area contributed by atoms with Gasteiger partial charge >= 0.3 is 0 Å². The second kappa shape index (κ2) is 8.81. The van der Waals surface area contributed by atoms with Crippen LogP contribution in [0.5, 0.6) is 5.75 Å². The molecule has 0 fully saturated rings. The highest BCUT2D eigenvalue weighted by Gasteiger charge is 2.14. The summed E-state index contributed by atoms with van der Waals surface area (Å²) in [4.78, 5) is 18.0. The summed E-state index contributed by atoms with van der Waals surface area (Å²) in [7, 11) is 0. The predicted molar refractivity (Wildman–Crippen MR) is 107 cm³/mol. The van der Waals surface area contributed by atoms with Crippen LogP contribution in [0.15, 0.2) is 35.3 Å². The summed E-state index contributed by atoms with van der Waals surface area (Å²) in [6.07, 6.45) is 0. The summed E-state index contributed by atoms with van der Waals surface area (Å²) in [5.74, 6) is 0.488. The molecular weight excluding hydrogens is 392 g/mol. The second-order valence-corrected chi connectivity index (χ2v) is 8.01. The van der Waals surface area contributed by atoms with Gasteiger partial charge < -0.3 is 14.0 Å². The van der Waals surface area contributed by atoms with Crippen LogP contribution < -0.4 is 9.54 Å². The van der Waals surface area contributed by atoms with E-state index >= 15 is 0 Å². The summed E-state index contributed by atoms with van der Waals surface area (Å²) < 4.78 is 14.9. The number of amides is 1. The Hall–Kier alpha value is -1.67. The molecular formula is C18H19ClN2O3S2. The fourth-order valence-corrected chi connectivity index (χ4v) is 4.53. The van der Waals surface area contributed by atoms with Crippen molar-refractivity contribution in [1.29, 1.82) is 0 Å². The van der Waals surface area contributed by atoms with Crippen LogP contribution in [0.4, 0.5) is 0 Å². The molecule has 0 spiro atoms. The van der Waals surface area contributed by atoms with Crippen LogP contribution in [0.2, 0.25) is 4.34 Å². The Labute approximate surface area is 164 Å². The van der Waals surface area contributed by atoms with Gasteiger partial charge in [0, 0.05) is 13.2 Å². The van der Waals surface area contributed by atoms with Gasteiger partial charge in [0.25, 0.3) is 5.91 Å². The van der Waals surface area contributed by atoms with E-state index in [0.29, 0.717) is 40.4 Å². The zero-order valence-electron chi connectivity index (χ0n) is 14.5. The maximum atomic E-state index is 12.5. The van der Waals surface area contributed by atoms with Crippen LogP contribution in [0.1, 0.15) is 23.5 Å². The molecule has 0 saturated heterocycles. The number of nitrogens with zero attached hydrogens (tertiary/aromatic N) is 2. The Morgan fingerprint density at radius 2 is 2.04 bits per heavy atom. The number of carbonyl (C=O) groups is 1. The lowest BCUT2D eigenvalue weighted by Gasteiger charge is -2.09. The first-order valence-corrected chi connectivity index (χ1v) is 10.3. The number of thiazole rings is 1. The van der Waals surface area contributed by atoms with Gasteiger partial charge in [-0.25, -0.2) is 0 Å². The van der Waals surface area contributed by atoms with Crippen molar-refractivity contribution in [2.45, 2.75) is 20.4 Å². The molecule has 0 aliphatic heterocycles. The van der Waals surface area contributed by atoms with Gasteiger partial charge in [-0.15, -0.1) is 11.3 Å². The molecule has 0 bridgehead atoms. The van der Waals surface area contributed by atoms with Gasteiger partial charge in [0.05, 0.1) is 27.1 Å². The van der Waals surface area contributed by atoms with Crippen molar-refractivity contribution in [3.8, 4) is 5.75 Å². The molecule has 0 unspecified atom stereocenters. The molecule has 3 rings (SSSR count). The minimum Gasteiger partial charge on any atom is -0.492 e. The fourth-order valence-electron chi connectivity index (χ4n) is 2.53. The number of ether oxygens (including phenoxy) is 2. The van der Waals surface area contributed by atoms with E-state index in [1.54, 1.807) is 12.1 Å². The van der Waals surface area contributed by atoms with Crippen molar-refractivity contribution in [2.75, 3.05) is 19.8 Å². The van der Waals surface area contributed by atoms with Crippen molar-refractivity contribution < 1.29 is 14.3 Å². The van der Waals surface area contributed by atoms with Crippen molar-refractivity contribution in [3.05, 3.63) is 44.3 Å². The molecule has 0 radical (unpaired) electrons. The van der Waals surface area contributed by atoms with Gasteiger partial charge in [0.15, 0.2) is 4.80 Å². The van der Waals surface area contributed by atoms with E-state index in [2.05, 4.69) is 4.99 Å². The molecule has 0 aliphatic carbocycles. The molecule has 3 aromatic rings. The molecule has 8 heteroatoms. The highest BCUT2D eigenvalue weighted by Crippen LogP contribution is 2.28. The van der Waals surface area contributed by atoms with Gasteiger partial charge in [-0.1, -0.05) is 29.0 Å². The molecule has 138 valence electrons. The van der Waals surface area contributed by atoms with Crippen molar-refractivity contribution in [2.24, 2.45) is 4.99 Å². The number of hydrogen-bond donors (Lipinski definition) is 0. The number of hydrogen-bond acceptors (Lipinski definition) is 5. The molecule has 2 aromatic heterocycles. The second-order valence-electron chi connectivity index (χ2n) is 5.29. The average Bonchev–Trinajstić information content (AvgIpc) is 3.20. The number of halogens is 1. The van der Waals surface area contributed by atoms with E-state index in [9.17, 15) is 4.79 Å². The number of aromatic nitrogens is 1. The third-order valence-electron chi connectivity index (χ3n) is 3.61. The molecule has 0 N–H and O–H groups in total. The quantitative estimate of drug-likeness (QED) is 0.535. The van der Waals surface area contributed by atoms with E-state index in [1.165, 1.54) is 22.7 Å². The summed E-state index contributed by atoms with van der Waals surface area (Å²) in [6.45, 7) is 6.24. The van der Waals surface area contributed by atoms with E-state index in [4.69, 9.17) is 21.1 Å². The Kier molecular flexibility index (Phi) is 6.48. The zero-order chi connectivity index (χ0) is 18.5. The third-order valence-corrected chi connectivity index (χ3v) is 5.87. The van der Waals surface area contributed by atoms with E-state index in [0.717, 1.165) is 16.0 Å². The van der Waals surface area contributed by atoms with E-state index < -0.39 is 0 Å². The molecule has 2 heterocycles. The standard InChI is InChI=1S/C18H19ClN2O3S2/c1-3-23-11-10-21-16-12(24-4-2)6-5-7-13(16)26-18(21)20-17(22)14-8-9-15(19)25-14/h5-9H,3-4,10-11H2,1-2H3. The summed E-state index contributed by atoms with van der Waals surface area (Å²) in [5, 5.41) is 0. The number of carbonyl (C=O) groups excluding carboxylic acids is 1. The first-order valence-electron chi connectivity index (χ1n) is 8.31. The van der Waals surface area contributed by atoms with Crippen molar-refractivity contribution in [1.82, 2.24) is 4.57 Å². The minimum atomic E-state index is -0.295. The number of fused-ring (bicyclic) bond motifs is 1. The Morgan fingerprint density at radius 3 is 2.73 bits per heavy atom. The zero-order valence-corrected chi connectivity index (χ0v) is 16.9. The summed E-state index contributed by atoms with van der Waals surface area (Å²) in [6, 6.07) is 9.28. The third kappa shape index (κ3) is 4.17. The lowest BCUT2D eigenvalue weighted by molar-refractivity contribution is 0.100. The fraction of sp³-hybridized carbons (Fsp3) is 0.333. The topological polar surface area (TPSA) is 52.8 Å². The lowest BCUT2D eigenvalue weighted by Crippen LogP contribution is -2.20. The van der Waals surface area contributed by atoms with Crippen LogP contribution in [0, 0.1) is 0 Å². The maximum Gasteiger partial charge on any atom is 0.289 e. The Bertz CT molecular complexity index is 974. The molecule has 0 atom stereocenters. The molecule has 1 aromatic carbocycles. The molecule has 26 heavy (non-hydrogen) atoms. The highest BCUT2D eigenvalue weighted by atomic mass is 35.5. The molecule has 0 saturated carbocycles. The predicted octanol–water partition coefficient (Wildman–Crippen LogP) is 4.59. The molecule has 0 aliphatic rings. The van der Waals surface area contributed by atoms with Crippen LogP contribution >= 0.6 is 34.3 Å². The lowest BCUT2D eigenvalue weighted by atomic mass is 10.3. The molecule has 5 nitrogen and oxygen atoms in total. The van der Waals surface area contributed by atoms with Crippen molar-refractivity contribution >= 4 is 50.4 Å². The first kappa shape index (κ1) is 19.1. The van der Waals surface area contributed by atoms with Gasteiger partial charge in [0.1, 0.15) is 11.3 Å². The van der Waals surface area contributed by atoms with Crippen LogP contribution in [-0.4, -0.2) is 30.3 Å². The Morgan fingerprint density at radius 1 is 1.19 bits per heavy atom. The SMILES string of the molecule is CCOCCn1c(=NC(=O)c2ccc(Cl)s2)sc2cccc(OCC)c21. The van der Waals surface area contributed by atoms with Gasteiger partial charge in [-0.3, -0.25) is 4.79 Å². The number of benzene rings is 1. The van der Waals surface area contributed by atoms with Crippen LogP contribution in [0.3, 0.4) is 0 Å². The number of para-hydroxylation sites is 1. The van der Waals surface area contributed by atoms with E-state index in [-0.39, 0.29) is 5.91 Å². The van der Waals surface area contributed by atoms with Gasteiger partial charge in [-0.05, 0) is 38.1 Å². The highest BCUT2D eigenvalue weighted by molar-refractivity contribution is 7.18. The monoisotopic (exact) mass is 410 g/mol. The largest absolute Gasteiger partial charge is 0.492 e. The summed E-state index contributed by atoms with van der Waals surface area (Å²) >= 11 is 8.62. The minimum absolute atomic E-state index is 0.295. The molecule has 1 amide bonds. The average molecular weight is 411 g/mol. The van der Waals surface area contributed by atoms with E-state index in [1.807, 2.05) is 36.6 Å². The smallest absolute Gasteiger partial charge is 0.289 e. The van der Waals surface area contributed by atoms with Crippen LogP contribution in [-0.2, 0) is 11.3 Å². The number of thiophene rings is 1. The maximum absolute atomic E-state index is 12.5. The van der Waals surface area contributed by atoms with Gasteiger partial charge in [-0.2, -0.15) is 4.99 Å². The normalized spacial score (nSPS) is 12.0. The first-order chi connectivity index (χ1) is 12.6. The van der Waals surface area contributed by atoms with Crippen LogP contribution in [0.25, 0.3) is 10.2 Å².